The van der Waals surface area contributed by atoms with Crippen molar-refractivity contribution < 1.29 is 9.53 Å². The fraction of sp³-hybridized carbons (Fsp3) is 0.200. The van der Waals surface area contributed by atoms with E-state index in [1.165, 1.54) is 31.0 Å². The maximum atomic E-state index is 12.2. The smallest absolute Gasteiger partial charge is 0.337 e. The Bertz CT molecular complexity index is 996. The van der Waals surface area contributed by atoms with Crippen molar-refractivity contribution >= 4 is 28.6 Å². The van der Waals surface area contributed by atoms with Crippen LogP contribution in [0.25, 0.3) is 10.9 Å². The Morgan fingerprint density at radius 2 is 2.32 bits per heavy atom. The zero-order valence-electron chi connectivity index (χ0n) is 13.3. The fourth-order valence-corrected chi connectivity index (χ4v) is 2.93. The Kier molecular flexibility index (Phi) is 4.89. The highest BCUT2D eigenvalue weighted by molar-refractivity contribution is 7.98. The second-order valence-corrected chi connectivity index (χ2v) is 5.90. The van der Waals surface area contributed by atoms with Gasteiger partial charge in [0.1, 0.15) is 5.82 Å². The van der Waals surface area contributed by atoms with Gasteiger partial charge in [0.05, 0.1) is 35.9 Å². The average molecular weight is 358 g/mol. The summed E-state index contributed by atoms with van der Waals surface area (Å²) in [6, 6.07) is 4.62. The first-order valence-electron chi connectivity index (χ1n) is 7.23. The molecular formula is C15H14N6O3S. The SMILES string of the molecule is C=CCn1nnnc1SCc1nc2cc(C(=O)OC)ccc2c(=O)[nH]1. The number of nitrogens with one attached hydrogen (secondary N) is 1. The van der Waals surface area contributed by atoms with Crippen LogP contribution in [0, 0.1) is 0 Å². The van der Waals surface area contributed by atoms with Gasteiger partial charge in [0, 0.05) is 0 Å². The first-order valence-corrected chi connectivity index (χ1v) is 8.22. The Balaban J connectivity index is 1.88. The molecule has 0 fully saturated rings. The zero-order chi connectivity index (χ0) is 17.8. The summed E-state index contributed by atoms with van der Waals surface area (Å²) in [6.45, 7) is 4.13. The predicted octanol–water partition coefficient (Wildman–Crippen LogP) is 1.17. The van der Waals surface area contributed by atoms with Crippen LogP contribution in [0.2, 0.25) is 0 Å². The number of aromatic amines is 1. The molecule has 0 atom stereocenters. The van der Waals surface area contributed by atoms with Crippen molar-refractivity contribution in [3.05, 3.63) is 52.6 Å². The van der Waals surface area contributed by atoms with Gasteiger partial charge >= 0.3 is 5.97 Å². The minimum absolute atomic E-state index is 0.275. The molecule has 0 amide bonds. The van der Waals surface area contributed by atoms with E-state index in [-0.39, 0.29) is 5.56 Å². The van der Waals surface area contributed by atoms with E-state index in [1.807, 2.05) is 0 Å². The lowest BCUT2D eigenvalue weighted by atomic mass is 10.1. The van der Waals surface area contributed by atoms with Gasteiger partial charge in [-0.25, -0.2) is 14.5 Å². The molecule has 1 aromatic carbocycles. The van der Waals surface area contributed by atoms with Crippen LogP contribution in [0.5, 0.6) is 0 Å². The molecule has 2 heterocycles. The van der Waals surface area contributed by atoms with Crippen LogP contribution in [-0.4, -0.2) is 43.3 Å². The predicted molar refractivity (Wildman–Crippen MR) is 91.3 cm³/mol. The number of carbonyl (C=O) groups excluding carboxylic acids is 1. The number of nitrogens with zero attached hydrogens (tertiary/aromatic N) is 5. The minimum atomic E-state index is -0.483. The number of esters is 1. The number of H-pyrrole nitrogens is 1. The van der Waals surface area contributed by atoms with E-state index in [0.29, 0.717) is 39.7 Å². The highest BCUT2D eigenvalue weighted by Gasteiger charge is 2.11. The van der Waals surface area contributed by atoms with Crippen LogP contribution < -0.4 is 5.56 Å². The molecule has 10 heteroatoms. The molecule has 9 nitrogen and oxygen atoms in total. The zero-order valence-corrected chi connectivity index (χ0v) is 14.1. The minimum Gasteiger partial charge on any atom is -0.465 e. The van der Waals surface area contributed by atoms with E-state index < -0.39 is 5.97 Å². The molecule has 0 spiro atoms. The standard InChI is InChI=1S/C15H14N6O3S/c1-3-6-21-15(18-19-20-21)25-8-12-16-11-7-9(14(23)24-2)4-5-10(11)13(22)17-12/h3-5,7H,1,6,8H2,2H3,(H,16,17,22). The first kappa shape index (κ1) is 16.8. The monoisotopic (exact) mass is 358 g/mol. The third-order valence-corrected chi connectivity index (χ3v) is 4.28. The largest absolute Gasteiger partial charge is 0.465 e. The number of hydrogen-bond acceptors (Lipinski definition) is 8. The Hall–Kier alpha value is -3.01. The number of carbonyl (C=O) groups is 1. The van der Waals surface area contributed by atoms with Gasteiger partial charge in [-0.2, -0.15) is 0 Å². The topological polar surface area (TPSA) is 116 Å². The molecule has 0 saturated carbocycles. The number of tetrazole rings is 1. The lowest BCUT2D eigenvalue weighted by molar-refractivity contribution is 0.0601. The summed E-state index contributed by atoms with van der Waals surface area (Å²) in [4.78, 5) is 31.0. The van der Waals surface area contributed by atoms with E-state index in [4.69, 9.17) is 0 Å². The number of thioether (sulfide) groups is 1. The molecular weight excluding hydrogens is 344 g/mol. The van der Waals surface area contributed by atoms with Crippen LogP contribution >= 0.6 is 11.8 Å². The van der Waals surface area contributed by atoms with Gasteiger partial charge in [-0.1, -0.05) is 17.8 Å². The molecule has 0 aliphatic carbocycles. The van der Waals surface area contributed by atoms with Crippen molar-refractivity contribution in [3.8, 4) is 0 Å². The van der Waals surface area contributed by atoms with Crippen molar-refractivity contribution in [3.63, 3.8) is 0 Å². The maximum Gasteiger partial charge on any atom is 0.337 e. The summed E-state index contributed by atoms with van der Waals surface area (Å²) in [7, 11) is 1.30. The number of hydrogen-bond donors (Lipinski definition) is 1. The molecule has 128 valence electrons. The van der Waals surface area contributed by atoms with E-state index in [9.17, 15) is 9.59 Å². The lowest BCUT2D eigenvalue weighted by Gasteiger charge is -2.05. The molecule has 0 bridgehead atoms. The number of methoxy groups -OCH3 is 1. The summed E-state index contributed by atoms with van der Waals surface area (Å²) in [6.07, 6.45) is 1.69. The van der Waals surface area contributed by atoms with Crippen LogP contribution in [0.15, 0.2) is 40.8 Å². The summed E-state index contributed by atoms with van der Waals surface area (Å²) >= 11 is 1.33. The number of ether oxygens (including phenoxy) is 1. The van der Waals surface area contributed by atoms with Crippen molar-refractivity contribution in [1.82, 2.24) is 30.2 Å². The normalized spacial score (nSPS) is 10.8. The number of rotatable bonds is 6. The van der Waals surface area contributed by atoms with Gasteiger partial charge in [-0.3, -0.25) is 4.79 Å². The molecule has 0 unspecified atom stereocenters. The number of fused-ring (bicyclic) bond motifs is 1. The lowest BCUT2D eigenvalue weighted by Crippen LogP contribution is -2.12. The third kappa shape index (κ3) is 3.58. The van der Waals surface area contributed by atoms with Gasteiger partial charge in [0.15, 0.2) is 0 Å². The first-order chi connectivity index (χ1) is 12.1. The van der Waals surface area contributed by atoms with Crippen molar-refractivity contribution in [1.29, 1.82) is 0 Å². The summed E-state index contributed by atoms with van der Waals surface area (Å²) < 4.78 is 6.28. The quantitative estimate of drug-likeness (QED) is 0.397. The molecule has 1 N–H and O–H groups in total. The number of benzene rings is 1. The van der Waals surface area contributed by atoms with Gasteiger partial charge < -0.3 is 9.72 Å². The van der Waals surface area contributed by atoms with Crippen LogP contribution in [0.1, 0.15) is 16.2 Å². The van der Waals surface area contributed by atoms with Crippen molar-refractivity contribution in [2.45, 2.75) is 17.5 Å². The Morgan fingerprint density at radius 3 is 3.08 bits per heavy atom. The molecule has 0 saturated heterocycles. The molecule has 0 aliphatic rings. The molecule has 25 heavy (non-hydrogen) atoms. The number of aromatic nitrogens is 6. The molecule has 0 aliphatic heterocycles. The molecule has 2 aromatic heterocycles. The summed E-state index contributed by atoms with van der Waals surface area (Å²) in [5, 5.41) is 12.4. The fourth-order valence-electron chi connectivity index (χ4n) is 2.17. The van der Waals surface area contributed by atoms with Gasteiger partial charge in [0.2, 0.25) is 5.16 Å². The molecule has 3 rings (SSSR count). The van der Waals surface area contributed by atoms with Crippen molar-refractivity contribution in [2.24, 2.45) is 0 Å². The van der Waals surface area contributed by atoms with E-state index >= 15 is 0 Å². The Labute approximate surface area is 146 Å². The second kappa shape index (κ2) is 7.26. The van der Waals surface area contributed by atoms with Crippen molar-refractivity contribution in [2.75, 3.05) is 7.11 Å². The van der Waals surface area contributed by atoms with E-state index in [1.54, 1.807) is 16.8 Å². The molecule has 3 aromatic rings. The van der Waals surface area contributed by atoms with E-state index in [0.717, 1.165) is 0 Å². The number of allylic oxidation sites excluding steroid dienone is 1. The van der Waals surface area contributed by atoms with Crippen LogP contribution in [0.3, 0.4) is 0 Å². The third-order valence-electron chi connectivity index (χ3n) is 3.32. The van der Waals surface area contributed by atoms with Gasteiger partial charge in [-0.15, -0.1) is 11.7 Å². The van der Waals surface area contributed by atoms with E-state index in [2.05, 4.69) is 36.8 Å². The highest BCUT2D eigenvalue weighted by atomic mass is 32.2. The van der Waals surface area contributed by atoms with Crippen LogP contribution in [-0.2, 0) is 17.0 Å². The van der Waals surface area contributed by atoms with Gasteiger partial charge in [-0.05, 0) is 28.6 Å². The second-order valence-electron chi connectivity index (χ2n) is 4.96. The average Bonchev–Trinajstić information content (AvgIpc) is 3.06. The maximum absolute atomic E-state index is 12.2. The van der Waals surface area contributed by atoms with Crippen LogP contribution in [0.4, 0.5) is 0 Å². The highest BCUT2D eigenvalue weighted by Crippen LogP contribution is 2.19. The Morgan fingerprint density at radius 1 is 1.48 bits per heavy atom. The summed E-state index contributed by atoms with van der Waals surface area (Å²) in [5.41, 5.74) is 0.484. The molecule has 0 radical (unpaired) electrons. The van der Waals surface area contributed by atoms with Gasteiger partial charge in [0.25, 0.3) is 5.56 Å². The summed E-state index contributed by atoms with van der Waals surface area (Å²) in [5.74, 6) is 0.340.